The number of nitrogens with zero attached hydrogens (tertiary/aromatic N) is 3. The average Bonchev–Trinajstić information content (AvgIpc) is 2.61. The van der Waals surface area contributed by atoms with Crippen molar-refractivity contribution in [2.45, 2.75) is 32.6 Å². The Morgan fingerprint density at radius 2 is 1.88 bits per heavy atom. The van der Waals surface area contributed by atoms with Crippen LogP contribution in [0.1, 0.15) is 32.6 Å². The normalized spacial score (nSPS) is 26.4. The molecule has 0 atom stereocenters. The monoisotopic (exact) mass is 390 g/mol. The van der Waals surface area contributed by atoms with Crippen LogP contribution in [0.4, 0.5) is 0 Å². The molecule has 1 heterocycles. The van der Waals surface area contributed by atoms with Crippen molar-refractivity contribution in [3.05, 3.63) is 0 Å². The number of aliphatic imine (C=N–C) groups is 1. The Bertz CT molecular complexity index is 525. The summed E-state index contributed by atoms with van der Waals surface area (Å²) >= 11 is 1.82. The topological polar surface area (TPSA) is 65.0 Å². The minimum absolute atomic E-state index is 0.130. The second-order valence-corrected chi connectivity index (χ2v) is 10.6. The summed E-state index contributed by atoms with van der Waals surface area (Å²) in [5, 5.41) is 3.23. The Hall–Kier alpha value is -0.470. The zero-order valence-corrected chi connectivity index (χ0v) is 17.5. The van der Waals surface area contributed by atoms with Crippen LogP contribution >= 0.6 is 11.8 Å². The van der Waals surface area contributed by atoms with Crippen LogP contribution in [0.5, 0.6) is 0 Å². The van der Waals surface area contributed by atoms with Gasteiger partial charge in [0.05, 0.1) is 5.75 Å². The van der Waals surface area contributed by atoms with Crippen LogP contribution in [0.2, 0.25) is 0 Å². The summed E-state index contributed by atoms with van der Waals surface area (Å²) in [6, 6.07) is 0. The van der Waals surface area contributed by atoms with E-state index >= 15 is 0 Å². The van der Waals surface area contributed by atoms with Crippen molar-refractivity contribution in [3.63, 3.8) is 0 Å². The van der Waals surface area contributed by atoms with Gasteiger partial charge in [0.25, 0.3) is 0 Å². The minimum Gasteiger partial charge on any atom is -0.355 e. The molecular weight excluding hydrogens is 356 g/mol. The van der Waals surface area contributed by atoms with Crippen LogP contribution in [0.15, 0.2) is 4.99 Å². The lowest BCUT2D eigenvalue weighted by atomic mass is 9.83. The summed E-state index contributed by atoms with van der Waals surface area (Å²) in [7, 11) is 0.645. The van der Waals surface area contributed by atoms with Gasteiger partial charge in [-0.1, -0.05) is 19.8 Å². The number of sulfonamides is 1. The first-order valence-electron chi connectivity index (χ1n) is 9.39. The highest BCUT2D eigenvalue weighted by molar-refractivity contribution is 7.99. The number of rotatable bonds is 6. The summed E-state index contributed by atoms with van der Waals surface area (Å²) in [6.45, 7) is 5.01. The molecule has 1 saturated carbocycles. The van der Waals surface area contributed by atoms with Gasteiger partial charge in [-0.3, -0.25) is 4.99 Å². The van der Waals surface area contributed by atoms with Crippen LogP contribution in [0.3, 0.4) is 0 Å². The highest BCUT2D eigenvalue weighted by atomic mass is 32.2. The van der Waals surface area contributed by atoms with E-state index in [9.17, 15) is 8.42 Å². The first kappa shape index (κ1) is 20.8. The van der Waals surface area contributed by atoms with Crippen molar-refractivity contribution in [1.82, 2.24) is 14.5 Å². The molecule has 0 radical (unpaired) electrons. The fraction of sp³-hybridized carbons (Fsp3) is 0.941. The summed E-state index contributed by atoms with van der Waals surface area (Å²) in [6.07, 6.45) is 5.20. The molecule has 0 spiro atoms. The third-order valence-electron chi connectivity index (χ3n) is 5.25. The molecule has 1 saturated heterocycles. The molecule has 25 heavy (non-hydrogen) atoms. The standard InChI is InChI=1S/C17H34N4O2S2/c1-15-4-6-16(7-5-15)14-20(3)17(18-2)19-8-13-25(22,23)21-9-11-24-12-10-21/h15-16H,4-14H2,1-3H3,(H,18,19). The maximum atomic E-state index is 12.4. The predicted octanol–water partition coefficient (Wildman–Crippen LogP) is 1.70. The van der Waals surface area contributed by atoms with E-state index in [4.69, 9.17) is 0 Å². The Morgan fingerprint density at radius 1 is 1.24 bits per heavy atom. The lowest BCUT2D eigenvalue weighted by Gasteiger charge is -2.31. The quantitative estimate of drug-likeness (QED) is 0.552. The third kappa shape index (κ3) is 6.64. The van der Waals surface area contributed by atoms with Gasteiger partial charge in [-0.2, -0.15) is 11.8 Å². The molecular formula is C17H34N4O2S2. The Morgan fingerprint density at radius 3 is 2.48 bits per heavy atom. The van der Waals surface area contributed by atoms with Gasteiger partial charge in [0.1, 0.15) is 0 Å². The Balaban J connectivity index is 1.75. The van der Waals surface area contributed by atoms with E-state index < -0.39 is 10.0 Å². The fourth-order valence-corrected chi connectivity index (χ4v) is 6.11. The number of nitrogens with one attached hydrogen (secondary N) is 1. The van der Waals surface area contributed by atoms with E-state index in [1.54, 1.807) is 11.4 Å². The summed E-state index contributed by atoms with van der Waals surface area (Å²) in [5.74, 6) is 4.30. The number of hydrogen-bond donors (Lipinski definition) is 1. The van der Waals surface area contributed by atoms with Crippen molar-refractivity contribution in [2.75, 3.05) is 57.5 Å². The van der Waals surface area contributed by atoms with Gasteiger partial charge >= 0.3 is 0 Å². The SMILES string of the molecule is CN=C(NCCS(=O)(=O)N1CCSCC1)N(C)CC1CCC(C)CC1. The predicted molar refractivity (Wildman–Crippen MR) is 108 cm³/mol. The molecule has 6 nitrogen and oxygen atoms in total. The number of hydrogen-bond acceptors (Lipinski definition) is 4. The molecule has 1 N–H and O–H groups in total. The third-order valence-corrected chi connectivity index (χ3v) is 8.06. The molecule has 0 amide bonds. The molecule has 2 aliphatic rings. The maximum absolute atomic E-state index is 12.4. The molecule has 0 bridgehead atoms. The van der Waals surface area contributed by atoms with Gasteiger partial charge < -0.3 is 10.2 Å². The number of guanidine groups is 1. The van der Waals surface area contributed by atoms with Crippen LogP contribution in [0.25, 0.3) is 0 Å². The number of thioether (sulfide) groups is 1. The van der Waals surface area contributed by atoms with E-state index in [0.717, 1.165) is 29.9 Å². The molecule has 0 unspecified atom stereocenters. The van der Waals surface area contributed by atoms with Crippen LogP contribution in [-0.2, 0) is 10.0 Å². The smallest absolute Gasteiger partial charge is 0.215 e. The summed E-state index contributed by atoms with van der Waals surface area (Å²) in [5.41, 5.74) is 0. The molecule has 2 fully saturated rings. The van der Waals surface area contributed by atoms with E-state index in [0.29, 0.717) is 25.6 Å². The zero-order chi connectivity index (χ0) is 18.3. The molecule has 146 valence electrons. The molecule has 1 aliphatic carbocycles. The van der Waals surface area contributed by atoms with Gasteiger partial charge in [-0.15, -0.1) is 0 Å². The Kier molecular flexibility index (Phi) is 8.35. The van der Waals surface area contributed by atoms with Crippen LogP contribution in [0, 0.1) is 11.8 Å². The van der Waals surface area contributed by atoms with E-state index in [1.165, 1.54) is 25.7 Å². The van der Waals surface area contributed by atoms with Crippen molar-refractivity contribution in [3.8, 4) is 0 Å². The molecule has 0 aromatic heterocycles. The van der Waals surface area contributed by atoms with Crippen LogP contribution < -0.4 is 5.32 Å². The van der Waals surface area contributed by atoms with E-state index in [1.807, 2.05) is 18.8 Å². The fourth-order valence-electron chi connectivity index (χ4n) is 3.62. The summed E-state index contributed by atoms with van der Waals surface area (Å²) in [4.78, 5) is 6.46. The van der Waals surface area contributed by atoms with Crippen molar-refractivity contribution in [1.29, 1.82) is 0 Å². The maximum Gasteiger partial charge on any atom is 0.215 e. The van der Waals surface area contributed by atoms with Gasteiger partial charge in [-0.25, -0.2) is 12.7 Å². The molecule has 0 aromatic carbocycles. The molecule has 1 aliphatic heterocycles. The van der Waals surface area contributed by atoms with E-state index in [-0.39, 0.29) is 5.75 Å². The van der Waals surface area contributed by atoms with Gasteiger partial charge in [0, 0.05) is 51.8 Å². The highest BCUT2D eigenvalue weighted by Gasteiger charge is 2.24. The van der Waals surface area contributed by atoms with Crippen LogP contribution in [-0.4, -0.2) is 81.1 Å². The molecule has 0 aromatic rings. The summed E-state index contributed by atoms with van der Waals surface area (Å²) < 4.78 is 26.4. The average molecular weight is 391 g/mol. The van der Waals surface area contributed by atoms with Crippen molar-refractivity contribution >= 4 is 27.7 Å². The lowest BCUT2D eigenvalue weighted by molar-refractivity contribution is 0.250. The van der Waals surface area contributed by atoms with Gasteiger partial charge in [0.15, 0.2) is 5.96 Å². The Labute approximate surface area is 157 Å². The first-order valence-corrected chi connectivity index (χ1v) is 12.2. The minimum atomic E-state index is -3.16. The van der Waals surface area contributed by atoms with E-state index in [2.05, 4.69) is 22.1 Å². The largest absolute Gasteiger partial charge is 0.355 e. The van der Waals surface area contributed by atoms with Gasteiger partial charge in [-0.05, 0) is 24.7 Å². The van der Waals surface area contributed by atoms with Crippen molar-refractivity contribution in [2.24, 2.45) is 16.8 Å². The zero-order valence-electron chi connectivity index (χ0n) is 15.9. The van der Waals surface area contributed by atoms with Gasteiger partial charge in [0.2, 0.25) is 10.0 Å². The first-order chi connectivity index (χ1) is 11.9. The van der Waals surface area contributed by atoms with Crippen molar-refractivity contribution < 1.29 is 8.42 Å². The molecule has 8 heteroatoms. The second-order valence-electron chi connectivity index (χ2n) is 7.31. The second kappa shape index (κ2) is 10.0. The molecule has 2 rings (SSSR count). The highest BCUT2D eigenvalue weighted by Crippen LogP contribution is 2.28. The lowest BCUT2D eigenvalue weighted by Crippen LogP contribution is -2.45.